The zero-order valence-electron chi connectivity index (χ0n) is 9.64. The third-order valence-electron chi connectivity index (χ3n) is 2.58. The molecule has 0 saturated heterocycles. The lowest BCUT2D eigenvalue weighted by Crippen LogP contribution is -1.80. The van der Waals surface area contributed by atoms with Crippen molar-refractivity contribution in [3.05, 3.63) is 47.6 Å². The molecule has 3 aromatic rings. The monoisotopic (exact) mass is 259 g/mol. The molecule has 2 aromatic heterocycles. The van der Waals surface area contributed by atoms with Gasteiger partial charge in [0.05, 0.1) is 6.20 Å². The van der Waals surface area contributed by atoms with Gasteiger partial charge >= 0.3 is 0 Å². The number of H-pyrrole nitrogens is 1. The zero-order chi connectivity index (χ0) is 12.5. The summed E-state index contributed by atoms with van der Waals surface area (Å²) >= 11 is 5.85. The number of nitrogens with one attached hydrogen (secondary N) is 1. The van der Waals surface area contributed by atoms with Crippen LogP contribution in [0.1, 0.15) is 5.82 Å². The first-order valence-corrected chi connectivity index (χ1v) is 5.83. The van der Waals surface area contributed by atoms with Crippen LogP contribution in [0.3, 0.4) is 0 Å². The lowest BCUT2D eigenvalue weighted by atomic mass is 10.2. The SMILES string of the molecule is Cc1ncc(-c2nc(-c3ccc(Cl)cc3)co2)[nH]1. The van der Waals surface area contributed by atoms with Crippen LogP contribution in [0.15, 0.2) is 41.1 Å². The molecule has 0 aliphatic rings. The summed E-state index contributed by atoms with van der Waals surface area (Å²) in [6.07, 6.45) is 3.32. The summed E-state index contributed by atoms with van der Waals surface area (Å²) in [6, 6.07) is 7.46. The van der Waals surface area contributed by atoms with Gasteiger partial charge in [0.15, 0.2) is 0 Å². The van der Waals surface area contributed by atoms with Gasteiger partial charge in [0.25, 0.3) is 0 Å². The number of aromatic amines is 1. The molecule has 0 spiro atoms. The van der Waals surface area contributed by atoms with Crippen molar-refractivity contribution in [2.45, 2.75) is 6.92 Å². The molecule has 2 heterocycles. The molecule has 0 unspecified atom stereocenters. The number of oxazole rings is 1. The number of hydrogen-bond acceptors (Lipinski definition) is 3. The van der Waals surface area contributed by atoms with E-state index in [9.17, 15) is 0 Å². The number of benzene rings is 1. The Morgan fingerprint density at radius 1 is 1.22 bits per heavy atom. The summed E-state index contributed by atoms with van der Waals surface area (Å²) in [5, 5.41) is 0.701. The van der Waals surface area contributed by atoms with E-state index < -0.39 is 0 Å². The van der Waals surface area contributed by atoms with E-state index in [2.05, 4.69) is 15.0 Å². The van der Waals surface area contributed by atoms with Crippen LogP contribution in [0.25, 0.3) is 22.8 Å². The van der Waals surface area contributed by atoms with Crippen LogP contribution in [0, 0.1) is 6.92 Å². The molecule has 0 aliphatic heterocycles. The van der Waals surface area contributed by atoms with E-state index in [4.69, 9.17) is 16.0 Å². The fourth-order valence-electron chi connectivity index (χ4n) is 1.68. The average Bonchev–Trinajstić information content (AvgIpc) is 2.98. The number of aromatic nitrogens is 3. The lowest BCUT2D eigenvalue weighted by Gasteiger charge is -1.94. The van der Waals surface area contributed by atoms with Gasteiger partial charge in [-0.15, -0.1) is 0 Å². The average molecular weight is 260 g/mol. The Morgan fingerprint density at radius 2 is 2.00 bits per heavy atom. The van der Waals surface area contributed by atoms with Crippen LogP contribution in [0.2, 0.25) is 5.02 Å². The van der Waals surface area contributed by atoms with Crippen molar-refractivity contribution in [2.75, 3.05) is 0 Å². The Bertz CT molecular complexity index is 670. The molecule has 5 heteroatoms. The standard InChI is InChI=1S/C13H10ClN3O/c1-8-15-6-11(16-8)13-17-12(7-18-13)9-2-4-10(14)5-3-9/h2-7H,1H3,(H,15,16). The number of nitrogens with zero attached hydrogens (tertiary/aromatic N) is 2. The molecule has 0 radical (unpaired) electrons. The maximum absolute atomic E-state index is 5.85. The normalized spacial score (nSPS) is 10.8. The number of halogens is 1. The summed E-state index contributed by atoms with van der Waals surface area (Å²) in [5.74, 6) is 1.36. The first-order chi connectivity index (χ1) is 8.72. The van der Waals surface area contributed by atoms with Crippen molar-refractivity contribution < 1.29 is 4.42 Å². The van der Waals surface area contributed by atoms with Crippen molar-refractivity contribution in [1.82, 2.24) is 15.0 Å². The molecule has 0 amide bonds. The highest BCUT2D eigenvalue weighted by atomic mass is 35.5. The van der Waals surface area contributed by atoms with E-state index in [0.29, 0.717) is 10.9 Å². The minimum Gasteiger partial charge on any atom is -0.443 e. The van der Waals surface area contributed by atoms with E-state index in [0.717, 1.165) is 22.8 Å². The number of rotatable bonds is 2. The largest absolute Gasteiger partial charge is 0.443 e. The van der Waals surface area contributed by atoms with Crippen LogP contribution in [0.4, 0.5) is 0 Å². The fraction of sp³-hybridized carbons (Fsp3) is 0.0769. The minimum absolute atomic E-state index is 0.528. The fourth-order valence-corrected chi connectivity index (χ4v) is 1.81. The summed E-state index contributed by atoms with van der Waals surface area (Å²) in [7, 11) is 0. The zero-order valence-corrected chi connectivity index (χ0v) is 10.4. The Morgan fingerprint density at radius 3 is 2.67 bits per heavy atom. The molecule has 3 rings (SSSR count). The van der Waals surface area contributed by atoms with E-state index in [1.165, 1.54) is 0 Å². The van der Waals surface area contributed by atoms with Gasteiger partial charge in [0.2, 0.25) is 5.89 Å². The first kappa shape index (κ1) is 11.0. The van der Waals surface area contributed by atoms with Crippen LogP contribution < -0.4 is 0 Å². The van der Waals surface area contributed by atoms with Gasteiger partial charge < -0.3 is 9.40 Å². The maximum Gasteiger partial charge on any atom is 0.245 e. The number of imidazole rings is 1. The van der Waals surface area contributed by atoms with Crippen LogP contribution >= 0.6 is 11.6 Å². The van der Waals surface area contributed by atoms with Gasteiger partial charge in [0.1, 0.15) is 23.5 Å². The molecule has 0 aliphatic carbocycles. The minimum atomic E-state index is 0.528. The highest BCUT2D eigenvalue weighted by molar-refractivity contribution is 6.30. The van der Waals surface area contributed by atoms with Crippen molar-refractivity contribution in [1.29, 1.82) is 0 Å². The van der Waals surface area contributed by atoms with Crippen molar-refractivity contribution in [2.24, 2.45) is 0 Å². The molecule has 0 saturated carbocycles. The van der Waals surface area contributed by atoms with E-state index in [1.807, 2.05) is 31.2 Å². The third kappa shape index (κ3) is 2.02. The van der Waals surface area contributed by atoms with Gasteiger partial charge in [-0.2, -0.15) is 0 Å². The predicted molar refractivity (Wildman–Crippen MR) is 69.3 cm³/mol. The highest BCUT2D eigenvalue weighted by Gasteiger charge is 2.10. The van der Waals surface area contributed by atoms with E-state index in [-0.39, 0.29) is 0 Å². The van der Waals surface area contributed by atoms with Crippen molar-refractivity contribution in [3.8, 4) is 22.8 Å². The molecule has 1 aromatic carbocycles. The van der Waals surface area contributed by atoms with Crippen molar-refractivity contribution >= 4 is 11.6 Å². The molecule has 4 nitrogen and oxygen atoms in total. The van der Waals surface area contributed by atoms with Crippen molar-refractivity contribution in [3.63, 3.8) is 0 Å². The quantitative estimate of drug-likeness (QED) is 0.764. The molecule has 0 bridgehead atoms. The Kier molecular flexibility index (Phi) is 2.64. The summed E-state index contributed by atoms with van der Waals surface area (Å²) in [5.41, 5.74) is 2.51. The Balaban J connectivity index is 1.96. The van der Waals surface area contributed by atoms with Gasteiger partial charge in [-0.1, -0.05) is 23.7 Å². The van der Waals surface area contributed by atoms with Gasteiger partial charge in [-0.25, -0.2) is 9.97 Å². The Hall–Kier alpha value is -2.07. The lowest BCUT2D eigenvalue weighted by molar-refractivity contribution is 0.573. The van der Waals surface area contributed by atoms with Crippen LogP contribution in [-0.2, 0) is 0 Å². The summed E-state index contributed by atoms with van der Waals surface area (Å²) in [4.78, 5) is 11.6. The number of aryl methyl sites for hydroxylation is 1. The molecule has 1 N–H and O–H groups in total. The maximum atomic E-state index is 5.85. The Labute approximate surface area is 109 Å². The topological polar surface area (TPSA) is 54.7 Å². The van der Waals surface area contributed by atoms with Crippen LogP contribution in [-0.4, -0.2) is 15.0 Å². The predicted octanol–water partition coefficient (Wildman–Crippen LogP) is 3.69. The third-order valence-corrected chi connectivity index (χ3v) is 2.83. The highest BCUT2D eigenvalue weighted by Crippen LogP contribution is 2.24. The van der Waals surface area contributed by atoms with Gasteiger partial charge in [-0.3, -0.25) is 0 Å². The molecule has 0 atom stereocenters. The molecule has 90 valence electrons. The first-order valence-electron chi connectivity index (χ1n) is 5.46. The second-order valence-corrected chi connectivity index (χ2v) is 4.36. The van der Waals surface area contributed by atoms with Gasteiger partial charge in [-0.05, 0) is 19.1 Å². The molecule has 0 fully saturated rings. The molecular weight excluding hydrogens is 250 g/mol. The molecule has 18 heavy (non-hydrogen) atoms. The van der Waals surface area contributed by atoms with E-state index >= 15 is 0 Å². The summed E-state index contributed by atoms with van der Waals surface area (Å²) in [6.45, 7) is 1.88. The summed E-state index contributed by atoms with van der Waals surface area (Å²) < 4.78 is 5.43. The van der Waals surface area contributed by atoms with E-state index in [1.54, 1.807) is 12.5 Å². The van der Waals surface area contributed by atoms with Gasteiger partial charge in [0, 0.05) is 10.6 Å². The molecular formula is C13H10ClN3O. The second-order valence-electron chi connectivity index (χ2n) is 3.93. The second kappa shape index (κ2) is 4.31. The number of hydrogen-bond donors (Lipinski definition) is 1. The van der Waals surface area contributed by atoms with Crippen LogP contribution in [0.5, 0.6) is 0 Å². The smallest absolute Gasteiger partial charge is 0.245 e.